The molecule has 2 aromatic carbocycles. The van der Waals surface area contributed by atoms with Crippen molar-refractivity contribution >= 4 is 79.4 Å². The zero-order valence-electron chi connectivity index (χ0n) is 24.3. The van der Waals surface area contributed by atoms with Gasteiger partial charge in [0.2, 0.25) is 0 Å². The number of halogens is 4. The van der Waals surface area contributed by atoms with Gasteiger partial charge in [0.1, 0.15) is 10.8 Å². The second-order valence-electron chi connectivity index (χ2n) is 11.5. The molecule has 2 saturated heterocycles. The molecule has 2 fully saturated rings. The molecule has 2 aliphatic heterocycles. The third-order valence-corrected chi connectivity index (χ3v) is 10.4. The van der Waals surface area contributed by atoms with Crippen LogP contribution in [0.4, 0.5) is 11.4 Å². The highest BCUT2D eigenvalue weighted by Gasteiger charge is 2.51. The van der Waals surface area contributed by atoms with E-state index in [1.54, 1.807) is 36.4 Å². The second kappa shape index (κ2) is 13.0. The molecule has 14 heteroatoms. The van der Waals surface area contributed by atoms with Gasteiger partial charge in [-0.2, -0.15) is 0 Å². The zero-order chi connectivity index (χ0) is 33.6. The van der Waals surface area contributed by atoms with E-state index in [-0.39, 0.29) is 48.0 Å². The molecule has 6 atom stereocenters. The topological polar surface area (TPSA) is 139 Å². The molecule has 2 aliphatic carbocycles. The lowest BCUT2D eigenvalue weighted by molar-refractivity contribution is -0.385. The van der Waals surface area contributed by atoms with Crippen LogP contribution in [0, 0.1) is 32.1 Å². The summed E-state index contributed by atoms with van der Waals surface area (Å²) in [6.45, 7) is 4.25. The molecule has 2 aromatic rings. The molecule has 240 valence electrons. The third-order valence-electron chi connectivity index (χ3n) is 8.58. The molecule has 0 saturated carbocycles. The molecule has 0 aromatic heterocycles. The van der Waals surface area contributed by atoms with Crippen LogP contribution in [0.1, 0.15) is 25.0 Å². The molecule has 0 N–H and O–H groups in total. The van der Waals surface area contributed by atoms with Crippen molar-refractivity contribution in [1.82, 2.24) is 0 Å². The summed E-state index contributed by atoms with van der Waals surface area (Å²) in [5.41, 5.74) is 1.37. The minimum absolute atomic E-state index is 0.0123. The van der Waals surface area contributed by atoms with Crippen LogP contribution < -0.4 is 0 Å². The van der Waals surface area contributed by atoms with Crippen molar-refractivity contribution in [3.63, 3.8) is 0 Å². The minimum Gasteiger partial charge on any atom is -0.366 e. The summed E-state index contributed by atoms with van der Waals surface area (Å²) in [6.07, 6.45) is 6.31. The number of rotatable bonds is 4. The van der Waals surface area contributed by atoms with Crippen LogP contribution in [0.3, 0.4) is 0 Å². The van der Waals surface area contributed by atoms with E-state index in [0.717, 1.165) is 11.1 Å². The summed E-state index contributed by atoms with van der Waals surface area (Å²) >= 11 is 25.5. The second-order valence-corrected chi connectivity index (χ2v) is 13.2. The van der Waals surface area contributed by atoms with E-state index in [9.17, 15) is 29.8 Å². The average Bonchev–Trinajstić information content (AvgIpc) is 3.59. The van der Waals surface area contributed by atoms with Crippen molar-refractivity contribution in [1.29, 1.82) is 0 Å². The maximum absolute atomic E-state index is 11.9. The number of ether oxygens (including phenoxy) is 2. The van der Waals surface area contributed by atoms with Gasteiger partial charge in [-0.3, -0.25) is 29.8 Å². The molecule has 0 amide bonds. The van der Waals surface area contributed by atoms with Gasteiger partial charge < -0.3 is 9.47 Å². The van der Waals surface area contributed by atoms with Crippen LogP contribution in [0.5, 0.6) is 0 Å². The van der Waals surface area contributed by atoms with Crippen molar-refractivity contribution in [2.24, 2.45) is 11.8 Å². The number of carbonyl (C=O) groups is 2. The summed E-state index contributed by atoms with van der Waals surface area (Å²) in [6, 6.07) is 11.9. The fourth-order valence-electron chi connectivity index (χ4n) is 5.99. The molecule has 46 heavy (non-hydrogen) atoms. The Kier molecular flexibility index (Phi) is 9.62. The Morgan fingerprint density at radius 2 is 1.02 bits per heavy atom. The highest BCUT2D eigenvalue weighted by molar-refractivity contribution is 6.50. The maximum Gasteiger partial charge on any atom is 0.269 e. The van der Waals surface area contributed by atoms with Crippen molar-refractivity contribution in [2.45, 2.75) is 35.8 Å². The van der Waals surface area contributed by atoms with Gasteiger partial charge in [-0.25, -0.2) is 0 Å². The Hall–Kier alpha value is -3.38. The Bertz CT molecular complexity index is 1610. The molecule has 6 rings (SSSR count). The number of non-ortho nitro benzene ring substituents is 2. The molecular weight excluding hydrogens is 682 g/mol. The van der Waals surface area contributed by atoms with Crippen LogP contribution in [0.15, 0.2) is 84.0 Å². The first-order valence-electron chi connectivity index (χ1n) is 14.0. The van der Waals surface area contributed by atoms with E-state index in [1.165, 1.54) is 36.4 Å². The molecule has 0 unspecified atom stereocenters. The number of hydrogen-bond acceptors (Lipinski definition) is 8. The van der Waals surface area contributed by atoms with E-state index < -0.39 is 31.8 Å². The van der Waals surface area contributed by atoms with Gasteiger partial charge >= 0.3 is 0 Å². The lowest BCUT2D eigenvalue weighted by atomic mass is 9.77. The monoisotopic (exact) mass is 706 g/mol. The molecule has 4 aliphatic rings. The first-order valence-corrected chi connectivity index (χ1v) is 15.6. The quantitative estimate of drug-likeness (QED) is 0.182. The summed E-state index contributed by atoms with van der Waals surface area (Å²) in [7, 11) is 0. The lowest BCUT2D eigenvalue weighted by Crippen LogP contribution is -2.42. The number of allylic oxidation sites excluding steroid dienone is 2. The molecule has 0 spiro atoms. The molecule has 2 heterocycles. The smallest absolute Gasteiger partial charge is 0.269 e. The van der Waals surface area contributed by atoms with Gasteiger partial charge in [-0.05, 0) is 84.7 Å². The van der Waals surface area contributed by atoms with Crippen molar-refractivity contribution in [3.8, 4) is 0 Å². The van der Waals surface area contributed by atoms with Gasteiger partial charge in [-0.1, -0.05) is 23.2 Å². The number of nitrogens with zero attached hydrogens (tertiary/aromatic N) is 2. The molecule has 0 bridgehead atoms. The first kappa shape index (κ1) is 34.0. The summed E-state index contributed by atoms with van der Waals surface area (Å²) < 4.78 is 11.6. The maximum atomic E-state index is 11.9. The predicted molar refractivity (Wildman–Crippen MR) is 175 cm³/mol. The van der Waals surface area contributed by atoms with Crippen LogP contribution in [0.25, 0.3) is 10.1 Å². The number of hydrogen-bond donors (Lipinski definition) is 0. The van der Waals surface area contributed by atoms with E-state index in [1.807, 2.05) is 13.8 Å². The number of alkyl halides is 2. The van der Waals surface area contributed by atoms with E-state index in [2.05, 4.69) is 0 Å². The first-order chi connectivity index (χ1) is 21.7. The van der Waals surface area contributed by atoms with Gasteiger partial charge in [0, 0.05) is 46.2 Å². The van der Waals surface area contributed by atoms with E-state index in [4.69, 9.17) is 55.9 Å². The third kappa shape index (κ3) is 6.30. The fraction of sp³-hybridized carbons (Fsp3) is 0.312. The number of carbonyl (C=O) groups excluding carboxylic acids is 2. The Labute approximate surface area is 283 Å². The van der Waals surface area contributed by atoms with Gasteiger partial charge in [0.15, 0.2) is 11.6 Å². The van der Waals surface area contributed by atoms with E-state index in [0.29, 0.717) is 21.2 Å². The van der Waals surface area contributed by atoms with Crippen molar-refractivity contribution in [2.75, 3.05) is 13.2 Å². The number of fused-ring (bicyclic) bond motifs is 2. The number of ketones is 2. The fourth-order valence-corrected chi connectivity index (χ4v) is 7.54. The normalized spacial score (nSPS) is 31.9. The van der Waals surface area contributed by atoms with Crippen LogP contribution in [0.2, 0.25) is 0 Å². The minimum atomic E-state index is -0.741. The Morgan fingerprint density at radius 1 is 0.696 bits per heavy atom. The number of nitro groups is 2. The van der Waals surface area contributed by atoms with Gasteiger partial charge in [-0.15, -0.1) is 23.2 Å². The SMILES string of the molecule is C[C@@]12C=CC(=O)[C@@H](Cl)[C@@H]1/C(=C(\Cl)c1ccc([N+](=O)[O-])cc1)CO2.C[C@]12C=CC(=O)[C@H](Cl)[C@H]1/C(=C(\Cl)c1ccc([N+](=O)[O-])cc1)CO2. The summed E-state index contributed by atoms with van der Waals surface area (Å²) in [4.78, 5) is 44.3. The van der Waals surface area contributed by atoms with Crippen LogP contribution >= 0.6 is 46.4 Å². The lowest BCUT2D eigenvalue weighted by Gasteiger charge is -2.33. The predicted octanol–water partition coefficient (Wildman–Crippen LogP) is 7.39. The largest absolute Gasteiger partial charge is 0.366 e. The molecule has 10 nitrogen and oxygen atoms in total. The highest BCUT2D eigenvalue weighted by atomic mass is 35.5. The van der Waals surface area contributed by atoms with Crippen molar-refractivity contribution in [3.05, 3.63) is 115 Å². The van der Waals surface area contributed by atoms with Crippen molar-refractivity contribution < 1.29 is 28.9 Å². The number of nitro benzene ring substituents is 2. The Balaban J connectivity index is 0.000000181. The highest BCUT2D eigenvalue weighted by Crippen LogP contribution is 2.48. The molecular formula is C32H26Cl4N2O8. The summed E-state index contributed by atoms with van der Waals surface area (Å²) in [5.74, 6) is -1.07. The van der Waals surface area contributed by atoms with Crippen LogP contribution in [-0.2, 0) is 19.1 Å². The standard InChI is InChI=1S/2C16H13Cl2NO4/c2*1-16-7-6-12(20)15(18)13(16)11(8-23-16)14(17)9-2-4-10(5-3-9)19(21)22/h2*2-7,13,15H,8H2,1H3/b2*14-11-/t2*13-,15+,16+/m10/s1. The zero-order valence-corrected chi connectivity index (χ0v) is 27.3. The molecule has 0 radical (unpaired) electrons. The number of benzene rings is 2. The average molecular weight is 708 g/mol. The Morgan fingerprint density at radius 3 is 1.33 bits per heavy atom. The van der Waals surface area contributed by atoms with Crippen LogP contribution in [-0.4, -0.2) is 56.6 Å². The van der Waals surface area contributed by atoms with Gasteiger partial charge in [0.25, 0.3) is 11.4 Å². The summed E-state index contributed by atoms with van der Waals surface area (Å²) in [5, 5.41) is 20.8. The van der Waals surface area contributed by atoms with Gasteiger partial charge in [0.05, 0.1) is 34.3 Å². The van der Waals surface area contributed by atoms with E-state index >= 15 is 0 Å².